The highest BCUT2D eigenvalue weighted by Crippen LogP contribution is 2.38. The third-order valence-electron chi connectivity index (χ3n) is 5.08. The molecule has 1 aliphatic heterocycles. The lowest BCUT2D eigenvalue weighted by Crippen LogP contribution is -2.26. The van der Waals surface area contributed by atoms with Crippen molar-refractivity contribution in [3.05, 3.63) is 45.2 Å². The van der Waals surface area contributed by atoms with Gasteiger partial charge in [0.05, 0.1) is 6.10 Å². The maximum absolute atomic E-state index is 12.3. The Bertz CT molecular complexity index is 759. The lowest BCUT2D eigenvalue weighted by molar-refractivity contribution is 0.161. The minimum Gasteiger partial charge on any atom is -0.393 e. The fraction of sp³-hybridized carbons (Fsp3) is 0.471. The van der Waals surface area contributed by atoms with Crippen molar-refractivity contribution in [2.24, 2.45) is 11.8 Å². The number of halogens is 1. The van der Waals surface area contributed by atoms with E-state index in [2.05, 4.69) is 9.88 Å². The Morgan fingerprint density at radius 2 is 1.95 bits per heavy atom. The number of aromatic amines is 1. The van der Waals surface area contributed by atoms with Gasteiger partial charge in [-0.25, -0.2) is 0 Å². The van der Waals surface area contributed by atoms with E-state index in [0.29, 0.717) is 23.4 Å². The van der Waals surface area contributed by atoms with Crippen LogP contribution in [0.25, 0.3) is 10.9 Å². The number of aliphatic hydroxyl groups excluding tert-OH is 1. The van der Waals surface area contributed by atoms with Crippen LogP contribution in [0.2, 0.25) is 5.02 Å². The molecule has 2 aliphatic rings. The molecule has 0 amide bonds. The number of nitrogens with one attached hydrogen (secondary N) is 1. The van der Waals surface area contributed by atoms with Crippen molar-refractivity contribution in [1.82, 2.24) is 9.88 Å². The van der Waals surface area contributed by atoms with E-state index in [1.54, 1.807) is 6.07 Å². The Morgan fingerprint density at radius 1 is 1.23 bits per heavy atom. The summed E-state index contributed by atoms with van der Waals surface area (Å²) < 4.78 is 0. The van der Waals surface area contributed by atoms with Crippen molar-refractivity contribution >= 4 is 22.5 Å². The number of hydrogen-bond acceptors (Lipinski definition) is 3. The molecule has 1 aromatic carbocycles. The summed E-state index contributed by atoms with van der Waals surface area (Å²) in [5, 5.41) is 11.3. The van der Waals surface area contributed by atoms with Crippen LogP contribution in [0.4, 0.5) is 0 Å². The summed E-state index contributed by atoms with van der Waals surface area (Å²) in [6, 6.07) is 7.52. The van der Waals surface area contributed by atoms with E-state index >= 15 is 0 Å². The maximum Gasteiger partial charge on any atom is 0.252 e. The molecule has 2 heterocycles. The molecule has 22 heavy (non-hydrogen) atoms. The van der Waals surface area contributed by atoms with Crippen LogP contribution in [0.15, 0.2) is 29.1 Å². The van der Waals surface area contributed by atoms with Crippen LogP contribution in [0.3, 0.4) is 0 Å². The topological polar surface area (TPSA) is 56.3 Å². The van der Waals surface area contributed by atoms with Crippen LogP contribution in [0.1, 0.15) is 18.4 Å². The smallest absolute Gasteiger partial charge is 0.252 e. The fourth-order valence-corrected chi connectivity index (χ4v) is 4.24. The van der Waals surface area contributed by atoms with E-state index in [4.69, 9.17) is 11.6 Å². The van der Waals surface area contributed by atoms with Crippen molar-refractivity contribution in [1.29, 1.82) is 0 Å². The van der Waals surface area contributed by atoms with Crippen LogP contribution in [0.5, 0.6) is 0 Å². The second-order valence-corrected chi connectivity index (χ2v) is 7.13. The molecule has 4 nitrogen and oxygen atoms in total. The molecule has 0 bridgehead atoms. The second-order valence-electron chi connectivity index (χ2n) is 6.69. The van der Waals surface area contributed by atoms with Crippen LogP contribution in [-0.4, -0.2) is 34.2 Å². The van der Waals surface area contributed by atoms with Gasteiger partial charge in [-0.2, -0.15) is 0 Å². The summed E-state index contributed by atoms with van der Waals surface area (Å²) in [7, 11) is 0. The van der Waals surface area contributed by atoms with Crippen molar-refractivity contribution < 1.29 is 5.11 Å². The largest absolute Gasteiger partial charge is 0.393 e. The second kappa shape index (κ2) is 5.37. The van der Waals surface area contributed by atoms with Gasteiger partial charge < -0.3 is 10.1 Å². The molecule has 5 heteroatoms. The predicted octanol–water partition coefficient (Wildman–Crippen LogP) is 2.38. The Balaban J connectivity index is 1.56. The number of fused-ring (bicyclic) bond motifs is 2. The molecule has 4 rings (SSSR count). The molecule has 0 spiro atoms. The van der Waals surface area contributed by atoms with Gasteiger partial charge in [0.15, 0.2) is 0 Å². The molecule has 2 N–H and O–H groups in total. The third kappa shape index (κ3) is 2.56. The molecular formula is C17H19ClN2O2. The first-order valence-corrected chi connectivity index (χ1v) is 8.18. The van der Waals surface area contributed by atoms with Gasteiger partial charge in [0, 0.05) is 35.7 Å². The van der Waals surface area contributed by atoms with Crippen molar-refractivity contribution in [3.63, 3.8) is 0 Å². The highest BCUT2D eigenvalue weighted by Gasteiger charge is 2.40. The van der Waals surface area contributed by atoms with Gasteiger partial charge in [-0.3, -0.25) is 9.69 Å². The standard InChI is InChI=1S/C17H19ClN2O2/c18-14-2-1-10-3-13(17(22)19-16(10)6-14)9-20-7-11-4-15(21)5-12(11)8-20/h1-3,6,11-12,15,21H,4-5,7-9H2,(H,19,22)/t11-,12+,15?. The Labute approximate surface area is 133 Å². The Kier molecular flexibility index (Phi) is 3.48. The zero-order chi connectivity index (χ0) is 15.3. The number of pyridine rings is 1. The van der Waals surface area contributed by atoms with E-state index in [1.807, 2.05) is 18.2 Å². The molecule has 3 atom stereocenters. The predicted molar refractivity (Wildman–Crippen MR) is 87.1 cm³/mol. The minimum absolute atomic E-state index is 0.0353. The minimum atomic E-state index is -0.119. The van der Waals surface area contributed by atoms with Gasteiger partial charge in [0.2, 0.25) is 0 Å². The molecule has 1 aliphatic carbocycles. The number of aromatic nitrogens is 1. The third-order valence-corrected chi connectivity index (χ3v) is 5.32. The average molecular weight is 319 g/mol. The average Bonchev–Trinajstić information content (AvgIpc) is 2.96. The van der Waals surface area contributed by atoms with Crippen molar-refractivity contribution in [3.8, 4) is 0 Å². The molecule has 2 fully saturated rings. The molecule has 0 radical (unpaired) electrons. The monoisotopic (exact) mass is 318 g/mol. The van der Waals surface area contributed by atoms with Crippen LogP contribution in [-0.2, 0) is 6.54 Å². The SMILES string of the molecule is O=c1[nH]c2cc(Cl)ccc2cc1CN1C[C@H]2CC(O)C[C@H]2C1. The zero-order valence-corrected chi connectivity index (χ0v) is 13.0. The number of nitrogens with zero attached hydrogens (tertiary/aromatic N) is 1. The first-order valence-electron chi connectivity index (χ1n) is 7.80. The van der Waals surface area contributed by atoms with Gasteiger partial charge in [-0.15, -0.1) is 0 Å². The molecule has 116 valence electrons. The lowest BCUT2D eigenvalue weighted by Gasteiger charge is -2.17. The van der Waals surface area contributed by atoms with Crippen LogP contribution in [0, 0.1) is 11.8 Å². The molecule has 2 aromatic rings. The van der Waals surface area contributed by atoms with Crippen LogP contribution >= 0.6 is 11.6 Å². The summed E-state index contributed by atoms with van der Waals surface area (Å²) in [5.41, 5.74) is 1.55. The highest BCUT2D eigenvalue weighted by molar-refractivity contribution is 6.31. The summed E-state index contributed by atoms with van der Waals surface area (Å²) in [4.78, 5) is 17.5. The number of rotatable bonds is 2. The normalized spacial score (nSPS) is 28.4. The molecule has 1 aromatic heterocycles. The highest BCUT2D eigenvalue weighted by atomic mass is 35.5. The van der Waals surface area contributed by atoms with Crippen LogP contribution < -0.4 is 5.56 Å². The molecule has 1 saturated heterocycles. The van der Waals surface area contributed by atoms with Gasteiger partial charge in [-0.1, -0.05) is 17.7 Å². The summed E-state index contributed by atoms with van der Waals surface area (Å²) in [5.74, 6) is 1.18. The van der Waals surface area contributed by atoms with Crippen molar-refractivity contribution in [2.75, 3.05) is 13.1 Å². The maximum atomic E-state index is 12.3. The first-order chi connectivity index (χ1) is 10.6. The fourth-order valence-electron chi connectivity index (χ4n) is 4.07. The summed E-state index contributed by atoms with van der Waals surface area (Å²) in [6.45, 7) is 2.65. The molecular weight excluding hydrogens is 300 g/mol. The number of likely N-dealkylation sites (tertiary alicyclic amines) is 1. The van der Waals surface area contributed by atoms with E-state index in [-0.39, 0.29) is 11.7 Å². The summed E-state index contributed by atoms with van der Waals surface area (Å²) in [6.07, 6.45) is 1.70. The van der Waals surface area contributed by atoms with E-state index in [9.17, 15) is 9.90 Å². The van der Waals surface area contributed by atoms with E-state index in [0.717, 1.165) is 42.4 Å². The number of hydrogen-bond donors (Lipinski definition) is 2. The van der Waals surface area contributed by atoms with Gasteiger partial charge >= 0.3 is 0 Å². The van der Waals surface area contributed by atoms with Gasteiger partial charge in [0.25, 0.3) is 5.56 Å². The van der Waals surface area contributed by atoms with Gasteiger partial charge in [0.1, 0.15) is 0 Å². The number of H-pyrrole nitrogens is 1. The first kappa shape index (κ1) is 14.2. The Morgan fingerprint density at radius 3 is 2.68 bits per heavy atom. The van der Waals surface area contributed by atoms with E-state index < -0.39 is 0 Å². The van der Waals surface area contributed by atoms with Gasteiger partial charge in [-0.05, 0) is 48.3 Å². The lowest BCUT2D eigenvalue weighted by atomic mass is 10.0. The molecule has 1 saturated carbocycles. The zero-order valence-electron chi connectivity index (χ0n) is 12.3. The summed E-state index contributed by atoms with van der Waals surface area (Å²) >= 11 is 5.96. The van der Waals surface area contributed by atoms with Crippen molar-refractivity contribution in [2.45, 2.75) is 25.5 Å². The molecule has 1 unspecified atom stereocenters. The number of aliphatic hydroxyl groups is 1. The quantitative estimate of drug-likeness (QED) is 0.894. The number of benzene rings is 1. The Hall–Kier alpha value is -1.36. The van der Waals surface area contributed by atoms with E-state index in [1.165, 1.54) is 0 Å².